The van der Waals surface area contributed by atoms with E-state index in [2.05, 4.69) is 49.9 Å². The average Bonchev–Trinajstić information content (AvgIpc) is 2.85. The van der Waals surface area contributed by atoms with Gasteiger partial charge in [-0.25, -0.2) is 4.98 Å². The lowest BCUT2D eigenvalue weighted by Gasteiger charge is -2.14. The molecule has 0 aliphatic carbocycles. The minimum Gasteiger partial charge on any atom is -0.355 e. The van der Waals surface area contributed by atoms with Crippen molar-refractivity contribution in [2.24, 2.45) is 0 Å². The van der Waals surface area contributed by atoms with Gasteiger partial charge < -0.3 is 9.88 Å². The minimum absolute atomic E-state index is 0.0389. The maximum absolute atomic E-state index is 12.2. The number of amides is 1. The van der Waals surface area contributed by atoms with Crippen molar-refractivity contribution in [3.63, 3.8) is 0 Å². The van der Waals surface area contributed by atoms with Crippen molar-refractivity contribution in [1.82, 2.24) is 14.9 Å². The number of thioether (sulfide) groups is 1. The largest absolute Gasteiger partial charge is 0.355 e. The summed E-state index contributed by atoms with van der Waals surface area (Å²) in [5.74, 6) is 0.142. The summed E-state index contributed by atoms with van der Waals surface area (Å²) in [7, 11) is 0. The van der Waals surface area contributed by atoms with E-state index in [1.807, 2.05) is 18.3 Å². The van der Waals surface area contributed by atoms with Gasteiger partial charge in [0.15, 0.2) is 5.16 Å². The topological polar surface area (TPSA) is 46.9 Å². The number of benzene rings is 1. The van der Waals surface area contributed by atoms with Gasteiger partial charge in [0.05, 0.1) is 17.1 Å². The Hall–Kier alpha value is -1.27. The third kappa shape index (κ3) is 3.80. The lowest BCUT2D eigenvalue weighted by Crippen LogP contribution is -2.30. The first kappa shape index (κ1) is 16.6. The summed E-state index contributed by atoms with van der Waals surface area (Å²) in [5, 5.41) is 3.88. The number of nitrogens with zero attached hydrogens (tertiary/aromatic N) is 2. The molecule has 1 amide bonds. The van der Waals surface area contributed by atoms with Crippen LogP contribution in [0.1, 0.15) is 26.2 Å². The van der Waals surface area contributed by atoms with Crippen LogP contribution in [0.2, 0.25) is 0 Å². The molecule has 0 radical (unpaired) electrons. The van der Waals surface area contributed by atoms with Crippen molar-refractivity contribution in [2.75, 3.05) is 6.54 Å². The second-order valence-electron chi connectivity index (χ2n) is 5.57. The first-order chi connectivity index (χ1) is 11.2. The molecule has 0 spiro atoms. The molecule has 1 aromatic heterocycles. The molecule has 1 aromatic carbocycles. The van der Waals surface area contributed by atoms with Crippen LogP contribution in [0.25, 0.3) is 11.3 Å². The summed E-state index contributed by atoms with van der Waals surface area (Å²) >= 11 is 5.05. The summed E-state index contributed by atoms with van der Waals surface area (Å²) in [5.41, 5.74) is 2.23. The Bertz CT molecular complexity index is 684. The number of carbonyl (C=O) groups excluding carboxylic acids is 1. The molecule has 23 heavy (non-hydrogen) atoms. The van der Waals surface area contributed by atoms with Crippen LogP contribution in [0.5, 0.6) is 0 Å². The molecule has 0 bridgehead atoms. The number of imidazole rings is 1. The van der Waals surface area contributed by atoms with E-state index in [1.54, 1.807) is 11.8 Å². The van der Waals surface area contributed by atoms with Crippen molar-refractivity contribution in [1.29, 1.82) is 0 Å². The van der Waals surface area contributed by atoms with Crippen LogP contribution >= 0.6 is 27.7 Å². The standard InChI is InChI=1S/C17H20BrN3OS/c1-2-21-14(12-6-8-13(18)9-7-12)11-20-17(21)23-15-5-3-4-10-19-16(15)22/h6-9,11,15H,2-5,10H2,1H3,(H,19,22). The Morgan fingerprint density at radius 1 is 1.35 bits per heavy atom. The number of carbonyl (C=O) groups is 1. The predicted molar refractivity (Wildman–Crippen MR) is 97.5 cm³/mol. The molecule has 6 heteroatoms. The summed E-state index contributed by atoms with van der Waals surface area (Å²) in [6.45, 7) is 3.74. The summed E-state index contributed by atoms with van der Waals surface area (Å²) in [6, 6.07) is 8.24. The first-order valence-corrected chi connectivity index (χ1v) is 9.62. The number of halogens is 1. The fourth-order valence-corrected chi connectivity index (χ4v) is 4.22. The normalized spacial score (nSPS) is 18.5. The quantitative estimate of drug-likeness (QED) is 0.850. The van der Waals surface area contributed by atoms with E-state index in [4.69, 9.17) is 0 Å². The van der Waals surface area contributed by atoms with Crippen LogP contribution < -0.4 is 5.32 Å². The molecular weight excluding hydrogens is 374 g/mol. The first-order valence-electron chi connectivity index (χ1n) is 7.95. The van der Waals surface area contributed by atoms with Crippen molar-refractivity contribution in [3.05, 3.63) is 34.9 Å². The van der Waals surface area contributed by atoms with Crippen molar-refractivity contribution < 1.29 is 4.79 Å². The highest BCUT2D eigenvalue weighted by atomic mass is 79.9. The smallest absolute Gasteiger partial charge is 0.233 e. The zero-order valence-electron chi connectivity index (χ0n) is 13.1. The van der Waals surface area contributed by atoms with Gasteiger partial charge >= 0.3 is 0 Å². The van der Waals surface area contributed by atoms with Gasteiger partial charge in [0.1, 0.15) is 0 Å². The van der Waals surface area contributed by atoms with Crippen molar-refractivity contribution in [2.45, 2.75) is 43.1 Å². The molecule has 122 valence electrons. The molecule has 1 saturated heterocycles. The van der Waals surface area contributed by atoms with E-state index < -0.39 is 0 Å². The molecule has 2 aromatic rings. The molecule has 1 aliphatic heterocycles. The van der Waals surface area contributed by atoms with Crippen LogP contribution in [0.15, 0.2) is 40.1 Å². The maximum Gasteiger partial charge on any atom is 0.233 e. The molecule has 1 N–H and O–H groups in total. The van der Waals surface area contributed by atoms with Crippen molar-refractivity contribution in [3.8, 4) is 11.3 Å². The van der Waals surface area contributed by atoms with Gasteiger partial charge in [-0.3, -0.25) is 4.79 Å². The number of hydrogen-bond donors (Lipinski definition) is 1. The Morgan fingerprint density at radius 2 is 2.13 bits per heavy atom. The van der Waals surface area contributed by atoms with Crippen LogP contribution in [-0.4, -0.2) is 27.3 Å². The van der Waals surface area contributed by atoms with Crippen LogP contribution in [0.3, 0.4) is 0 Å². The molecule has 2 heterocycles. The van der Waals surface area contributed by atoms with Gasteiger partial charge in [0.2, 0.25) is 5.91 Å². The molecular formula is C17H20BrN3OS. The Kier molecular flexibility index (Phi) is 5.43. The van der Waals surface area contributed by atoms with Gasteiger partial charge in [0, 0.05) is 17.6 Å². The van der Waals surface area contributed by atoms with Crippen LogP contribution in [0, 0.1) is 0 Å². The van der Waals surface area contributed by atoms with Gasteiger partial charge in [-0.05, 0) is 37.5 Å². The Balaban J connectivity index is 1.85. The zero-order chi connectivity index (χ0) is 16.2. The van der Waals surface area contributed by atoms with Gasteiger partial charge in [-0.15, -0.1) is 0 Å². The second-order valence-corrected chi connectivity index (χ2v) is 7.66. The van der Waals surface area contributed by atoms with E-state index in [0.29, 0.717) is 0 Å². The summed E-state index contributed by atoms with van der Waals surface area (Å²) in [4.78, 5) is 16.7. The van der Waals surface area contributed by atoms with E-state index in [1.165, 1.54) is 0 Å². The number of rotatable bonds is 4. The molecule has 1 unspecified atom stereocenters. The monoisotopic (exact) mass is 393 g/mol. The summed E-state index contributed by atoms with van der Waals surface area (Å²) < 4.78 is 3.25. The number of aromatic nitrogens is 2. The highest BCUT2D eigenvalue weighted by Crippen LogP contribution is 2.31. The highest BCUT2D eigenvalue weighted by Gasteiger charge is 2.24. The van der Waals surface area contributed by atoms with E-state index in [-0.39, 0.29) is 11.2 Å². The molecule has 1 aliphatic rings. The Labute approximate surface area is 149 Å². The fraction of sp³-hybridized carbons (Fsp3) is 0.412. The molecule has 1 fully saturated rings. The van der Waals surface area contributed by atoms with Gasteiger partial charge in [0.25, 0.3) is 0 Å². The molecule has 4 nitrogen and oxygen atoms in total. The fourth-order valence-electron chi connectivity index (χ4n) is 2.76. The minimum atomic E-state index is -0.0389. The number of nitrogens with one attached hydrogen (secondary N) is 1. The zero-order valence-corrected chi connectivity index (χ0v) is 15.5. The van der Waals surface area contributed by atoms with E-state index in [0.717, 1.165) is 53.2 Å². The molecule has 3 rings (SSSR count). The summed E-state index contributed by atoms with van der Waals surface area (Å²) in [6.07, 6.45) is 4.97. The predicted octanol–water partition coefficient (Wildman–Crippen LogP) is 4.09. The molecule has 0 saturated carbocycles. The van der Waals surface area contributed by atoms with Gasteiger partial charge in [-0.2, -0.15) is 0 Å². The highest BCUT2D eigenvalue weighted by molar-refractivity contribution is 9.10. The lowest BCUT2D eigenvalue weighted by atomic mass is 10.2. The lowest BCUT2D eigenvalue weighted by molar-refractivity contribution is -0.120. The van der Waals surface area contributed by atoms with Crippen molar-refractivity contribution >= 4 is 33.6 Å². The van der Waals surface area contributed by atoms with E-state index in [9.17, 15) is 4.79 Å². The third-order valence-corrected chi connectivity index (χ3v) is 5.81. The van der Waals surface area contributed by atoms with Crippen LogP contribution in [-0.2, 0) is 11.3 Å². The maximum atomic E-state index is 12.2. The van der Waals surface area contributed by atoms with E-state index >= 15 is 0 Å². The van der Waals surface area contributed by atoms with Crippen LogP contribution in [0.4, 0.5) is 0 Å². The average molecular weight is 394 g/mol. The van der Waals surface area contributed by atoms with Gasteiger partial charge in [-0.1, -0.05) is 46.2 Å². The molecule has 1 atom stereocenters. The SMILES string of the molecule is CCn1c(-c2ccc(Br)cc2)cnc1SC1CCCCNC1=O. The third-order valence-electron chi connectivity index (χ3n) is 4.01. The number of hydrogen-bond acceptors (Lipinski definition) is 3. The second kappa shape index (κ2) is 7.53. The Morgan fingerprint density at radius 3 is 2.87 bits per heavy atom.